The first-order valence-corrected chi connectivity index (χ1v) is 12.1. The first kappa shape index (κ1) is 21.8. The second-order valence-corrected chi connectivity index (χ2v) is 9.72. The summed E-state index contributed by atoms with van der Waals surface area (Å²) >= 11 is 6.03. The molecule has 168 valence electrons. The number of hydrogen-bond acceptors (Lipinski definition) is 4. The number of carbonyl (C=O) groups is 2. The van der Waals surface area contributed by atoms with Crippen LogP contribution >= 0.6 is 11.6 Å². The Hall–Kier alpha value is -3.00. The number of fused-ring (bicyclic) bond motifs is 2. The highest BCUT2D eigenvalue weighted by atomic mass is 35.5. The van der Waals surface area contributed by atoms with Gasteiger partial charge in [0.2, 0.25) is 0 Å². The maximum atomic E-state index is 13.7. The molecule has 0 bridgehead atoms. The van der Waals surface area contributed by atoms with Gasteiger partial charge in [0.15, 0.2) is 0 Å². The van der Waals surface area contributed by atoms with Crippen molar-refractivity contribution in [1.29, 1.82) is 0 Å². The third-order valence-corrected chi connectivity index (χ3v) is 7.56. The fourth-order valence-corrected chi connectivity index (χ4v) is 5.55. The Kier molecular flexibility index (Phi) is 6.01. The van der Waals surface area contributed by atoms with Crippen molar-refractivity contribution in [2.24, 2.45) is 0 Å². The fourth-order valence-electron chi connectivity index (χ4n) is 4.07. The molecule has 1 fully saturated rings. The summed E-state index contributed by atoms with van der Waals surface area (Å²) in [5, 5.41) is 0.603. The molecule has 0 N–H and O–H groups in total. The van der Waals surface area contributed by atoms with Gasteiger partial charge in [-0.2, -0.15) is 0 Å². The number of ether oxygens (including phenoxy) is 1. The Balaban J connectivity index is 1.61. The Bertz CT molecular complexity index is 1260. The van der Waals surface area contributed by atoms with Crippen LogP contribution in [0.2, 0.25) is 5.02 Å². The Morgan fingerprint density at radius 3 is 2.45 bits per heavy atom. The number of morpholine rings is 1. The van der Waals surface area contributed by atoms with Crippen LogP contribution in [0.3, 0.4) is 0 Å². The van der Waals surface area contributed by atoms with E-state index in [0.29, 0.717) is 57.9 Å². The van der Waals surface area contributed by atoms with Crippen LogP contribution in [0.5, 0.6) is 0 Å². The first-order valence-electron chi connectivity index (χ1n) is 10.6. The number of halogens is 1. The zero-order chi connectivity index (χ0) is 22.9. The minimum atomic E-state index is -1.57. The van der Waals surface area contributed by atoms with Gasteiger partial charge < -0.3 is 14.5 Å². The van der Waals surface area contributed by atoms with E-state index < -0.39 is 10.8 Å². The Morgan fingerprint density at radius 2 is 1.70 bits per heavy atom. The molecule has 3 aromatic carbocycles. The van der Waals surface area contributed by atoms with Crippen molar-refractivity contribution >= 4 is 39.9 Å². The molecule has 8 heteroatoms. The van der Waals surface area contributed by atoms with E-state index in [9.17, 15) is 13.8 Å². The fraction of sp³-hybridized carbons (Fsp3) is 0.200. The molecular weight excluding hydrogens is 460 g/mol. The van der Waals surface area contributed by atoms with Crippen molar-refractivity contribution in [2.75, 3.05) is 31.2 Å². The zero-order valence-electron chi connectivity index (χ0n) is 17.7. The molecule has 1 atom stereocenters. The molecule has 0 aliphatic carbocycles. The average molecular weight is 481 g/mol. The number of hydrogen-bond donors (Lipinski definition) is 0. The standard InChI is InChI=1S/C25H21ClN2O4S/c26-19-8-5-17(6-9-19)16-28-21-15-18(24(29)27-11-13-32-14-12-27)7-10-23(21)33(31)22-4-2-1-3-20(22)25(28)30/h1-10,15H,11-14,16H2/t33-/m0/s1. The molecule has 0 saturated carbocycles. The summed E-state index contributed by atoms with van der Waals surface area (Å²) in [6.07, 6.45) is 0. The molecule has 2 aliphatic heterocycles. The van der Waals surface area contributed by atoms with E-state index in [4.69, 9.17) is 16.3 Å². The number of anilines is 1. The van der Waals surface area contributed by atoms with E-state index in [1.165, 1.54) is 0 Å². The number of carbonyl (C=O) groups excluding carboxylic acids is 2. The normalized spacial score (nSPS) is 17.8. The van der Waals surface area contributed by atoms with Gasteiger partial charge in [-0.05, 0) is 48.0 Å². The summed E-state index contributed by atoms with van der Waals surface area (Å²) < 4.78 is 18.9. The maximum Gasteiger partial charge on any atom is 0.259 e. The molecular formula is C25H21ClN2O4S. The van der Waals surface area contributed by atoms with E-state index in [0.717, 1.165) is 5.56 Å². The number of amides is 2. The zero-order valence-corrected chi connectivity index (χ0v) is 19.3. The summed E-state index contributed by atoms with van der Waals surface area (Å²) in [7, 11) is -1.57. The maximum absolute atomic E-state index is 13.7. The van der Waals surface area contributed by atoms with Gasteiger partial charge in [0.05, 0.1) is 51.6 Å². The molecule has 1 saturated heterocycles. The van der Waals surface area contributed by atoms with E-state index in [-0.39, 0.29) is 18.4 Å². The summed E-state index contributed by atoms with van der Waals surface area (Å²) in [6, 6.07) is 19.3. The predicted octanol–water partition coefficient (Wildman–Crippen LogP) is 4.14. The summed E-state index contributed by atoms with van der Waals surface area (Å²) in [6.45, 7) is 2.28. The molecule has 2 aliphatic rings. The number of benzene rings is 3. The summed E-state index contributed by atoms with van der Waals surface area (Å²) in [4.78, 5) is 31.1. The molecule has 2 amide bonds. The van der Waals surface area contributed by atoms with Gasteiger partial charge in [0.1, 0.15) is 0 Å². The van der Waals surface area contributed by atoms with Gasteiger partial charge in [0.25, 0.3) is 11.8 Å². The quantitative estimate of drug-likeness (QED) is 0.565. The molecule has 6 nitrogen and oxygen atoms in total. The third-order valence-electron chi connectivity index (χ3n) is 5.81. The molecule has 0 unspecified atom stereocenters. The van der Waals surface area contributed by atoms with E-state index in [2.05, 4.69) is 0 Å². The van der Waals surface area contributed by atoms with Crippen LogP contribution in [0.1, 0.15) is 26.3 Å². The highest BCUT2D eigenvalue weighted by Crippen LogP contribution is 2.36. The molecule has 2 heterocycles. The molecule has 0 aromatic heterocycles. The third kappa shape index (κ3) is 4.19. The predicted molar refractivity (Wildman–Crippen MR) is 126 cm³/mol. The lowest BCUT2D eigenvalue weighted by molar-refractivity contribution is 0.0303. The monoisotopic (exact) mass is 480 g/mol. The SMILES string of the molecule is O=C(c1ccc2c(c1)N(Cc1ccc(Cl)cc1)C(=O)c1ccccc1[S@@]2=O)N1CCOCC1. The van der Waals surface area contributed by atoms with Crippen LogP contribution in [-0.2, 0) is 22.1 Å². The number of rotatable bonds is 3. The molecule has 0 radical (unpaired) electrons. The second-order valence-electron chi connectivity index (χ2n) is 7.87. The summed E-state index contributed by atoms with van der Waals surface area (Å²) in [5.74, 6) is -0.392. The van der Waals surface area contributed by atoms with E-state index >= 15 is 0 Å². The molecule has 3 aromatic rings. The van der Waals surface area contributed by atoms with Crippen LogP contribution < -0.4 is 4.90 Å². The van der Waals surface area contributed by atoms with Crippen LogP contribution in [0.4, 0.5) is 5.69 Å². The van der Waals surface area contributed by atoms with Crippen molar-refractivity contribution in [3.8, 4) is 0 Å². The van der Waals surface area contributed by atoms with Crippen molar-refractivity contribution in [3.05, 3.63) is 88.4 Å². The lowest BCUT2D eigenvalue weighted by Crippen LogP contribution is -2.40. The van der Waals surface area contributed by atoms with Crippen LogP contribution in [0.25, 0.3) is 0 Å². The number of nitrogens with zero attached hydrogens (tertiary/aromatic N) is 2. The Morgan fingerprint density at radius 1 is 0.970 bits per heavy atom. The Labute approximate surface area is 199 Å². The van der Waals surface area contributed by atoms with Gasteiger partial charge in [-0.1, -0.05) is 35.9 Å². The van der Waals surface area contributed by atoms with Crippen molar-refractivity contribution in [1.82, 2.24) is 4.90 Å². The van der Waals surface area contributed by atoms with Gasteiger partial charge in [-0.15, -0.1) is 0 Å². The lowest BCUT2D eigenvalue weighted by Gasteiger charge is -2.28. The highest BCUT2D eigenvalue weighted by molar-refractivity contribution is 7.85. The molecule has 0 spiro atoms. The minimum Gasteiger partial charge on any atom is -0.378 e. The molecule has 33 heavy (non-hydrogen) atoms. The van der Waals surface area contributed by atoms with Gasteiger partial charge in [-0.3, -0.25) is 9.59 Å². The largest absolute Gasteiger partial charge is 0.378 e. The van der Waals surface area contributed by atoms with Crippen LogP contribution in [-0.4, -0.2) is 47.2 Å². The van der Waals surface area contributed by atoms with Crippen LogP contribution in [0, 0.1) is 0 Å². The van der Waals surface area contributed by atoms with Gasteiger partial charge in [-0.25, -0.2) is 4.21 Å². The lowest BCUT2D eigenvalue weighted by atomic mass is 10.1. The molecule has 5 rings (SSSR count). The van der Waals surface area contributed by atoms with Gasteiger partial charge in [0, 0.05) is 23.7 Å². The van der Waals surface area contributed by atoms with E-state index in [1.54, 1.807) is 64.4 Å². The van der Waals surface area contributed by atoms with Crippen molar-refractivity contribution in [3.63, 3.8) is 0 Å². The van der Waals surface area contributed by atoms with E-state index in [1.807, 2.05) is 12.1 Å². The topological polar surface area (TPSA) is 66.9 Å². The second kappa shape index (κ2) is 9.09. The van der Waals surface area contributed by atoms with Crippen molar-refractivity contribution < 1.29 is 18.5 Å². The first-order chi connectivity index (χ1) is 16.0. The van der Waals surface area contributed by atoms with Gasteiger partial charge >= 0.3 is 0 Å². The average Bonchev–Trinajstić information content (AvgIpc) is 2.95. The smallest absolute Gasteiger partial charge is 0.259 e. The summed E-state index contributed by atoms with van der Waals surface area (Å²) in [5.41, 5.74) is 2.19. The van der Waals surface area contributed by atoms with Crippen LogP contribution in [0.15, 0.2) is 76.5 Å². The highest BCUT2D eigenvalue weighted by Gasteiger charge is 2.32. The van der Waals surface area contributed by atoms with Crippen molar-refractivity contribution in [2.45, 2.75) is 16.3 Å². The minimum absolute atomic E-state index is 0.132.